The molecule has 35 heavy (non-hydrogen) atoms. The molecule has 0 amide bonds. The van der Waals surface area contributed by atoms with Gasteiger partial charge in [0, 0.05) is 42.5 Å². The summed E-state index contributed by atoms with van der Waals surface area (Å²) in [7, 11) is -3.33. The van der Waals surface area contributed by atoms with Crippen molar-refractivity contribution in [1.29, 1.82) is 5.26 Å². The van der Waals surface area contributed by atoms with E-state index in [1.54, 1.807) is 17.8 Å². The van der Waals surface area contributed by atoms with Gasteiger partial charge in [0.15, 0.2) is 5.76 Å². The number of aromatic amines is 1. The highest BCUT2D eigenvalue weighted by Gasteiger charge is 2.49. The van der Waals surface area contributed by atoms with Crippen LogP contribution in [0.2, 0.25) is 0 Å². The highest BCUT2D eigenvalue weighted by atomic mass is 32.2. The number of aromatic nitrogens is 5. The molecule has 1 N–H and O–H groups in total. The quantitative estimate of drug-likeness (QED) is 0.389. The summed E-state index contributed by atoms with van der Waals surface area (Å²) in [6.07, 6.45) is 7.46. The third kappa shape index (κ3) is 3.21. The van der Waals surface area contributed by atoms with E-state index in [-0.39, 0.29) is 25.3 Å². The zero-order valence-corrected chi connectivity index (χ0v) is 20.1. The Morgan fingerprint density at radius 3 is 2.80 bits per heavy atom. The van der Waals surface area contributed by atoms with Crippen LogP contribution in [-0.4, -0.2) is 55.9 Å². The molecular formula is C24H23N7O3S. The Morgan fingerprint density at radius 2 is 2.09 bits per heavy atom. The average Bonchev–Trinajstić information content (AvgIpc) is 3.59. The molecule has 11 heteroatoms. The molecular weight excluding hydrogens is 466 g/mol. The number of pyridine rings is 1. The molecule has 0 saturated carbocycles. The van der Waals surface area contributed by atoms with E-state index in [2.05, 4.69) is 25.7 Å². The maximum atomic E-state index is 12.3. The molecule has 1 aliphatic heterocycles. The fraction of sp³-hybridized carbons (Fsp3) is 0.292. The van der Waals surface area contributed by atoms with E-state index in [0.717, 1.165) is 39.1 Å². The predicted molar refractivity (Wildman–Crippen MR) is 130 cm³/mol. The van der Waals surface area contributed by atoms with Crippen molar-refractivity contribution >= 4 is 32.0 Å². The first kappa shape index (κ1) is 21.6. The van der Waals surface area contributed by atoms with Crippen molar-refractivity contribution in [3.63, 3.8) is 0 Å². The lowest BCUT2D eigenvalue weighted by molar-refractivity contribution is 0.0718. The fourth-order valence-corrected chi connectivity index (χ4v) is 6.12. The minimum Gasteiger partial charge on any atom is -0.460 e. The summed E-state index contributed by atoms with van der Waals surface area (Å²) in [6, 6.07) is 10.1. The third-order valence-electron chi connectivity index (χ3n) is 6.76. The third-order valence-corrected chi connectivity index (χ3v) is 8.53. The molecule has 1 aliphatic rings. The molecule has 6 rings (SSSR count). The van der Waals surface area contributed by atoms with Crippen molar-refractivity contribution in [3.05, 3.63) is 54.8 Å². The number of sulfonamides is 1. The number of hydrogen-bond donors (Lipinski definition) is 1. The van der Waals surface area contributed by atoms with Gasteiger partial charge in [-0.3, -0.25) is 4.68 Å². The van der Waals surface area contributed by atoms with Crippen molar-refractivity contribution in [2.24, 2.45) is 0 Å². The van der Waals surface area contributed by atoms with E-state index in [9.17, 15) is 13.7 Å². The van der Waals surface area contributed by atoms with Crippen LogP contribution in [0.1, 0.15) is 19.1 Å². The molecule has 178 valence electrons. The highest BCUT2D eigenvalue weighted by molar-refractivity contribution is 7.89. The number of nitriles is 1. The van der Waals surface area contributed by atoms with Crippen LogP contribution >= 0.6 is 0 Å². The fourth-order valence-electron chi connectivity index (χ4n) is 4.88. The first-order valence-electron chi connectivity index (χ1n) is 11.3. The van der Waals surface area contributed by atoms with Crippen molar-refractivity contribution < 1.29 is 12.8 Å². The van der Waals surface area contributed by atoms with Gasteiger partial charge in [0.25, 0.3) is 0 Å². The summed E-state index contributed by atoms with van der Waals surface area (Å²) in [4.78, 5) is 7.69. The van der Waals surface area contributed by atoms with Gasteiger partial charge in [0.2, 0.25) is 10.0 Å². The van der Waals surface area contributed by atoms with Gasteiger partial charge in [-0.15, -0.1) is 0 Å². The Labute approximate surface area is 201 Å². The molecule has 0 bridgehead atoms. The SMILES string of the molecule is CCS(=O)(=O)N1CC(CC#N)(n2cc(-n3c(-c4ccc(C)o4)cc4cnc5[nH]ccc5c43)cn2)C1. The molecule has 0 aliphatic carbocycles. The van der Waals surface area contributed by atoms with E-state index in [0.29, 0.717) is 5.76 Å². The molecule has 1 saturated heterocycles. The first-order valence-corrected chi connectivity index (χ1v) is 12.9. The summed E-state index contributed by atoms with van der Waals surface area (Å²) < 4.78 is 35.9. The second-order valence-corrected chi connectivity index (χ2v) is 11.2. The Balaban J connectivity index is 1.51. The predicted octanol–water partition coefficient (Wildman–Crippen LogP) is 3.55. The Kier molecular flexibility index (Phi) is 4.67. The van der Waals surface area contributed by atoms with Crippen molar-refractivity contribution in [2.75, 3.05) is 18.8 Å². The van der Waals surface area contributed by atoms with Crippen LogP contribution < -0.4 is 0 Å². The van der Waals surface area contributed by atoms with Gasteiger partial charge < -0.3 is 14.0 Å². The molecule has 5 aromatic rings. The molecule has 5 aromatic heterocycles. The Morgan fingerprint density at radius 1 is 1.26 bits per heavy atom. The van der Waals surface area contributed by atoms with E-state index >= 15 is 0 Å². The summed E-state index contributed by atoms with van der Waals surface area (Å²) in [5.74, 6) is 1.55. The van der Waals surface area contributed by atoms with Crippen LogP contribution in [0.15, 0.2) is 53.5 Å². The summed E-state index contributed by atoms with van der Waals surface area (Å²) >= 11 is 0. The molecule has 0 aromatic carbocycles. The van der Waals surface area contributed by atoms with Crippen LogP contribution in [0, 0.1) is 18.3 Å². The van der Waals surface area contributed by atoms with Crippen molar-refractivity contribution in [2.45, 2.75) is 25.8 Å². The lowest BCUT2D eigenvalue weighted by Crippen LogP contribution is -2.64. The molecule has 0 unspecified atom stereocenters. The molecule has 0 atom stereocenters. The minimum absolute atomic E-state index is 0.0297. The van der Waals surface area contributed by atoms with Gasteiger partial charge in [0.1, 0.15) is 16.9 Å². The van der Waals surface area contributed by atoms with Crippen LogP contribution in [0.3, 0.4) is 0 Å². The molecule has 0 radical (unpaired) electrons. The number of furan rings is 1. The van der Waals surface area contributed by atoms with Crippen LogP contribution in [-0.2, 0) is 15.6 Å². The van der Waals surface area contributed by atoms with E-state index < -0.39 is 15.6 Å². The van der Waals surface area contributed by atoms with E-state index in [1.165, 1.54) is 4.31 Å². The number of nitrogens with one attached hydrogen (secondary N) is 1. The van der Waals surface area contributed by atoms with Gasteiger partial charge in [0.05, 0.1) is 41.3 Å². The van der Waals surface area contributed by atoms with E-state index in [1.807, 2.05) is 49.8 Å². The normalized spacial score (nSPS) is 16.0. The average molecular weight is 490 g/mol. The number of rotatable bonds is 6. The molecule has 6 heterocycles. The lowest BCUT2D eigenvalue weighted by atomic mass is 9.89. The standard InChI is InChI=1S/C24H23N7O3S/c1-3-35(32,33)29-14-24(15-29,7-8-25)30-13-18(12-28-30)31-20(21-5-4-16(2)34-21)10-17-11-27-23-19(22(17)31)6-9-26-23/h4-6,9-13H,3,7,14-15H2,1-2H3,(H,26,27). The Hall–Kier alpha value is -3.88. The summed E-state index contributed by atoms with van der Waals surface area (Å²) in [5, 5.41) is 16.0. The minimum atomic E-state index is -3.33. The maximum absolute atomic E-state index is 12.3. The zero-order valence-electron chi connectivity index (χ0n) is 19.3. The number of hydrogen-bond acceptors (Lipinski definition) is 6. The van der Waals surface area contributed by atoms with Gasteiger partial charge in [-0.05, 0) is 38.1 Å². The molecule has 0 spiro atoms. The van der Waals surface area contributed by atoms with Gasteiger partial charge in [-0.25, -0.2) is 13.4 Å². The number of fused-ring (bicyclic) bond motifs is 3. The van der Waals surface area contributed by atoms with Gasteiger partial charge in [-0.2, -0.15) is 14.7 Å². The second-order valence-electron chi connectivity index (χ2n) is 8.95. The molecule has 1 fully saturated rings. The lowest BCUT2D eigenvalue weighted by Gasteiger charge is -2.47. The molecule has 10 nitrogen and oxygen atoms in total. The van der Waals surface area contributed by atoms with Crippen LogP contribution in [0.4, 0.5) is 0 Å². The highest BCUT2D eigenvalue weighted by Crippen LogP contribution is 2.38. The maximum Gasteiger partial charge on any atom is 0.213 e. The summed E-state index contributed by atoms with van der Waals surface area (Å²) in [5.41, 5.74) is 2.66. The first-order chi connectivity index (χ1) is 16.8. The number of nitrogens with zero attached hydrogens (tertiary/aromatic N) is 6. The van der Waals surface area contributed by atoms with Crippen LogP contribution in [0.5, 0.6) is 0 Å². The van der Waals surface area contributed by atoms with Gasteiger partial charge in [-0.1, -0.05) is 0 Å². The zero-order chi connectivity index (χ0) is 24.4. The second kappa shape index (κ2) is 7.56. The van der Waals surface area contributed by atoms with Crippen molar-refractivity contribution in [3.8, 4) is 23.2 Å². The topological polar surface area (TPSA) is 126 Å². The number of H-pyrrole nitrogens is 1. The van der Waals surface area contributed by atoms with E-state index in [4.69, 9.17) is 4.42 Å². The number of aryl methyl sites for hydroxylation is 1. The largest absolute Gasteiger partial charge is 0.460 e. The smallest absolute Gasteiger partial charge is 0.213 e. The Bertz CT molecular complexity index is 1730. The van der Waals surface area contributed by atoms with Crippen LogP contribution in [0.25, 0.3) is 39.1 Å². The van der Waals surface area contributed by atoms with Gasteiger partial charge >= 0.3 is 0 Å². The summed E-state index contributed by atoms with van der Waals surface area (Å²) in [6.45, 7) is 3.97. The van der Waals surface area contributed by atoms with Crippen molar-refractivity contribution in [1.82, 2.24) is 28.6 Å². The monoisotopic (exact) mass is 489 g/mol.